The van der Waals surface area contributed by atoms with Crippen LogP contribution in [-0.2, 0) is 4.79 Å². The molecule has 0 aliphatic heterocycles. The molecule has 1 radical (unpaired) electrons. The van der Waals surface area contributed by atoms with Crippen LogP contribution in [0, 0.1) is 6.07 Å². The molecule has 0 spiro atoms. The Balaban J connectivity index is 0.00000196. The van der Waals surface area contributed by atoms with Gasteiger partial charge >= 0.3 is 19.8 Å². The maximum atomic E-state index is 11.5. The minimum absolute atomic E-state index is 0. The zero-order valence-electron chi connectivity index (χ0n) is 8.25. The Hall–Kier alpha value is -0.804. The van der Waals surface area contributed by atoms with Crippen molar-refractivity contribution >= 4 is 31.4 Å². The molecule has 1 aromatic carbocycles. The van der Waals surface area contributed by atoms with E-state index >= 15 is 0 Å². The van der Waals surface area contributed by atoms with Gasteiger partial charge in [-0.1, -0.05) is 24.3 Å². The first kappa shape index (κ1) is 14.2. The van der Waals surface area contributed by atoms with Crippen molar-refractivity contribution in [3.8, 4) is 0 Å². The van der Waals surface area contributed by atoms with E-state index < -0.39 is 0 Å². The zero-order valence-corrected chi connectivity index (χ0v) is 8.25. The molecule has 79 valence electrons. The van der Waals surface area contributed by atoms with Gasteiger partial charge < -0.3 is 4.79 Å². The predicted octanol–water partition coefficient (Wildman–Crippen LogP) is 1.24. The third kappa shape index (κ3) is 5.59. The van der Waals surface area contributed by atoms with E-state index in [0.29, 0.717) is 24.8 Å². The number of carbonyl (C=O) groups is 2. The van der Waals surface area contributed by atoms with Crippen LogP contribution in [0.25, 0.3) is 0 Å². The number of Topliss-reactive ketones (excluding diaryl/α,β-unsaturated/α-hetero) is 2. The summed E-state index contributed by atoms with van der Waals surface area (Å²) in [5, 5.41) is 0. The number of rotatable bonds is 5. The first-order valence-corrected chi connectivity index (χ1v) is 4.69. The van der Waals surface area contributed by atoms with Gasteiger partial charge in [-0.15, -0.1) is 0 Å². The number of benzene rings is 1. The topological polar surface area (TPSA) is 34.1 Å². The first-order valence-electron chi connectivity index (χ1n) is 4.69. The Morgan fingerprint density at radius 3 is 2.33 bits per heavy atom. The molecule has 0 bridgehead atoms. The van der Waals surface area contributed by atoms with Crippen LogP contribution >= 0.6 is 0 Å². The fourth-order valence-electron chi connectivity index (χ4n) is 1.22. The summed E-state index contributed by atoms with van der Waals surface area (Å²) in [5.74, 6) is 0.236. The van der Waals surface area contributed by atoms with Crippen molar-refractivity contribution in [1.82, 2.24) is 0 Å². The van der Waals surface area contributed by atoms with Gasteiger partial charge in [0.1, 0.15) is 5.78 Å². The average Bonchev–Trinajstić information content (AvgIpc) is 2.18. The summed E-state index contributed by atoms with van der Waals surface area (Å²) in [4.78, 5) is 22.1. The molecular formula is C12H16GaO2. The van der Waals surface area contributed by atoms with E-state index in [-0.39, 0.29) is 31.4 Å². The Kier molecular flexibility index (Phi) is 7.08. The van der Waals surface area contributed by atoms with Gasteiger partial charge in [-0.25, -0.2) is 0 Å². The Morgan fingerprint density at radius 2 is 1.80 bits per heavy atom. The molecule has 0 fully saturated rings. The molecule has 0 aromatic heterocycles. The van der Waals surface area contributed by atoms with Crippen LogP contribution in [0.2, 0.25) is 0 Å². The van der Waals surface area contributed by atoms with Crippen molar-refractivity contribution in [3.05, 3.63) is 35.9 Å². The van der Waals surface area contributed by atoms with Crippen LogP contribution < -0.4 is 0 Å². The standard InChI is InChI=1S/C12H13O2.Ga.3H/c1-10(13)6-5-9-12(14)11-7-3-2-4-8-11;;;;/h3-4,7-8H,5-6,9H2,1H3;;;;. The second kappa shape index (κ2) is 7.48. The van der Waals surface area contributed by atoms with Crippen LogP contribution in [0.15, 0.2) is 24.3 Å². The van der Waals surface area contributed by atoms with Crippen LogP contribution in [-0.4, -0.2) is 31.4 Å². The molecular weight excluding hydrogens is 246 g/mol. The van der Waals surface area contributed by atoms with E-state index in [1.807, 2.05) is 0 Å². The first-order chi connectivity index (χ1) is 6.70. The van der Waals surface area contributed by atoms with Gasteiger partial charge in [-0.05, 0) is 19.4 Å². The van der Waals surface area contributed by atoms with Gasteiger partial charge in [-0.2, -0.15) is 0 Å². The number of ketones is 2. The quantitative estimate of drug-likeness (QED) is 0.591. The molecule has 3 heteroatoms. The zero-order chi connectivity index (χ0) is 10.4. The van der Waals surface area contributed by atoms with Crippen molar-refractivity contribution in [1.29, 1.82) is 0 Å². The van der Waals surface area contributed by atoms with Crippen LogP contribution in [0.3, 0.4) is 0 Å². The second-order valence-corrected chi connectivity index (χ2v) is 3.27. The molecule has 15 heavy (non-hydrogen) atoms. The summed E-state index contributed by atoms with van der Waals surface area (Å²) in [6, 6.07) is 9.79. The fraction of sp³-hybridized carbons (Fsp3) is 0.333. The molecule has 0 N–H and O–H groups in total. The number of hydrogen-bond donors (Lipinski definition) is 0. The van der Waals surface area contributed by atoms with Gasteiger partial charge in [0.25, 0.3) is 0 Å². The van der Waals surface area contributed by atoms with E-state index in [1.54, 1.807) is 31.2 Å². The van der Waals surface area contributed by atoms with Crippen molar-refractivity contribution in [3.63, 3.8) is 0 Å². The van der Waals surface area contributed by atoms with Gasteiger partial charge in [0.05, 0.1) is 0 Å². The third-order valence-electron chi connectivity index (χ3n) is 1.97. The molecule has 0 aliphatic carbocycles. The Bertz CT molecular complexity index is 320. The molecule has 0 amide bonds. The van der Waals surface area contributed by atoms with E-state index in [0.717, 1.165) is 0 Å². The normalized spacial score (nSPS) is 9.13. The van der Waals surface area contributed by atoms with Crippen LogP contribution in [0.5, 0.6) is 0 Å². The average molecular weight is 262 g/mol. The fourth-order valence-corrected chi connectivity index (χ4v) is 1.22. The molecule has 0 heterocycles. The molecule has 0 saturated carbocycles. The Morgan fingerprint density at radius 1 is 1.20 bits per heavy atom. The van der Waals surface area contributed by atoms with Crippen LogP contribution in [0.4, 0.5) is 0 Å². The number of carbonyl (C=O) groups excluding carboxylic acids is 2. The molecule has 2 nitrogen and oxygen atoms in total. The summed E-state index contributed by atoms with van der Waals surface area (Å²) in [5.41, 5.74) is 0.701. The van der Waals surface area contributed by atoms with Crippen molar-refractivity contribution in [2.45, 2.75) is 26.2 Å². The van der Waals surface area contributed by atoms with Gasteiger partial charge in [-0.3, -0.25) is 4.79 Å². The van der Waals surface area contributed by atoms with Gasteiger partial charge in [0.2, 0.25) is 0 Å². The van der Waals surface area contributed by atoms with E-state index in [4.69, 9.17) is 0 Å². The molecule has 0 unspecified atom stereocenters. The third-order valence-corrected chi connectivity index (χ3v) is 1.97. The molecule has 0 saturated heterocycles. The molecule has 1 aromatic rings. The molecule has 0 aliphatic rings. The molecule has 0 atom stereocenters. The summed E-state index contributed by atoms with van der Waals surface area (Å²) in [7, 11) is 0. The van der Waals surface area contributed by atoms with Gasteiger partial charge in [0.15, 0.2) is 5.78 Å². The molecule has 1 rings (SSSR count). The SMILES string of the molecule is CC(=O)CCCC(=O)c1cc[c]cc1.[GaH3]. The van der Waals surface area contributed by atoms with Crippen molar-refractivity contribution in [2.24, 2.45) is 0 Å². The number of hydrogen-bond acceptors (Lipinski definition) is 2. The monoisotopic (exact) mass is 261 g/mol. The van der Waals surface area contributed by atoms with Crippen molar-refractivity contribution in [2.75, 3.05) is 0 Å². The summed E-state index contributed by atoms with van der Waals surface area (Å²) in [6.45, 7) is 1.54. The van der Waals surface area contributed by atoms with Gasteiger partial charge in [0, 0.05) is 18.4 Å². The van der Waals surface area contributed by atoms with Crippen LogP contribution in [0.1, 0.15) is 36.5 Å². The second-order valence-electron chi connectivity index (χ2n) is 3.27. The minimum atomic E-state index is 0. The summed E-state index contributed by atoms with van der Waals surface area (Å²) < 4.78 is 0. The maximum absolute atomic E-state index is 11.5. The summed E-state index contributed by atoms with van der Waals surface area (Å²) in [6.07, 6.45) is 1.58. The van der Waals surface area contributed by atoms with Crippen molar-refractivity contribution < 1.29 is 9.59 Å². The summed E-state index contributed by atoms with van der Waals surface area (Å²) >= 11 is 0. The van der Waals surface area contributed by atoms with E-state index in [1.165, 1.54) is 0 Å². The Labute approximate surface area is 103 Å². The van der Waals surface area contributed by atoms with E-state index in [2.05, 4.69) is 6.07 Å². The van der Waals surface area contributed by atoms with E-state index in [9.17, 15) is 9.59 Å². The predicted molar refractivity (Wildman–Crippen MR) is 64.1 cm³/mol.